The summed E-state index contributed by atoms with van der Waals surface area (Å²) in [6, 6.07) is 8.91. The molecule has 1 N–H and O–H groups in total. The Morgan fingerprint density at radius 2 is 2.15 bits per heavy atom. The van der Waals surface area contributed by atoms with E-state index in [2.05, 4.69) is 5.32 Å². The van der Waals surface area contributed by atoms with Gasteiger partial charge in [0.25, 0.3) is 5.91 Å². The number of hydrogen-bond acceptors (Lipinski definition) is 5. The number of methoxy groups -OCH3 is 1. The number of amides is 1. The maximum atomic E-state index is 12.6. The predicted molar refractivity (Wildman–Crippen MR) is 96.6 cm³/mol. The summed E-state index contributed by atoms with van der Waals surface area (Å²) in [6.07, 6.45) is 2.44. The number of furan rings is 1. The second-order valence-corrected chi connectivity index (χ2v) is 8.21. The first kappa shape index (κ1) is 18.5. The van der Waals surface area contributed by atoms with Crippen LogP contribution in [0.3, 0.4) is 0 Å². The maximum Gasteiger partial charge on any atom is 0.286 e. The molecule has 0 atom stereocenters. The van der Waals surface area contributed by atoms with E-state index in [-0.39, 0.29) is 24.0 Å². The second kappa shape index (κ2) is 7.92. The number of sulfonamides is 1. The van der Waals surface area contributed by atoms with Gasteiger partial charge in [0.1, 0.15) is 5.75 Å². The molecule has 2 heterocycles. The molecule has 0 radical (unpaired) electrons. The normalized spacial score (nSPS) is 14.7. The summed E-state index contributed by atoms with van der Waals surface area (Å²) in [5.41, 5.74) is 2.13. The minimum Gasteiger partial charge on any atom is -0.497 e. The van der Waals surface area contributed by atoms with Gasteiger partial charge in [0.2, 0.25) is 10.0 Å². The van der Waals surface area contributed by atoms with E-state index >= 15 is 0 Å². The molecule has 1 aromatic heterocycles. The van der Waals surface area contributed by atoms with Crippen LogP contribution >= 0.6 is 0 Å². The van der Waals surface area contributed by atoms with Gasteiger partial charge in [-0.25, -0.2) is 8.42 Å². The largest absolute Gasteiger partial charge is 0.497 e. The third kappa shape index (κ3) is 4.25. The van der Waals surface area contributed by atoms with E-state index in [1.165, 1.54) is 10.6 Å². The van der Waals surface area contributed by atoms with Gasteiger partial charge in [0.05, 0.1) is 19.1 Å². The lowest BCUT2D eigenvalue weighted by atomic mass is 10.0. The highest BCUT2D eigenvalue weighted by atomic mass is 32.2. The Bertz CT molecular complexity index is 862. The van der Waals surface area contributed by atoms with E-state index in [9.17, 15) is 13.2 Å². The monoisotopic (exact) mass is 378 g/mol. The third-order valence-electron chi connectivity index (χ3n) is 4.39. The molecule has 0 aliphatic carbocycles. The Morgan fingerprint density at radius 1 is 1.31 bits per heavy atom. The van der Waals surface area contributed by atoms with Crippen molar-refractivity contribution in [3.8, 4) is 5.75 Å². The van der Waals surface area contributed by atoms with Crippen LogP contribution in [0.1, 0.15) is 28.1 Å². The first-order valence-corrected chi connectivity index (χ1v) is 10.1. The molecule has 0 unspecified atom stereocenters. The second-order valence-electron chi connectivity index (χ2n) is 6.12. The van der Waals surface area contributed by atoms with Gasteiger partial charge < -0.3 is 14.5 Å². The number of fused-ring (bicyclic) bond motifs is 1. The molecule has 1 aliphatic heterocycles. The standard InChI is InChI=1S/C18H22N2O5S/c1-24-16-6-5-15-13-20(9-7-14(15)12-16)26(22,23)11-3-8-19-18(21)17-4-2-10-25-17/h2,4-6,10,12H,3,7-9,11,13H2,1H3,(H,19,21). The lowest BCUT2D eigenvalue weighted by Gasteiger charge is -2.28. The average molecular weight is 378 g/mol. The van der Waals surface area contributed by atoms with Gasteiger partial charge in [0.15, 0.2) is 5.76 Å². The van der Waals surface area contributed by atoms with Crippen LogP contribution in [-0.4, -0.2) is 44.6 Å². The van der Waals surface area contributed by atoms with Crippen molar-refractivity contribution in [2.24, 2.45) is 0 Å². The van der Waals surface area contributed by atoms with Crippen molar-refractivity contribution < 1.29 is 22.4 Å². The number of ether oxygens (including phenoxy) is 1. The molecule has 1 amide bonds. The van der Waals surface area contributed by atoms with E-state index < -0.39 is 10.0 Å². The maximum absolute atomic E-state index is 12.6. The summed E-state index contributed by atoms with van der Waals surface area (Å²) >= 11 is 0. The minimum absolute atomic E-state index is 0.00305. The van der Waals surface area contributed by atoms with Crippen molar-refractivity contribution in [1.82, 2.24) is 9.62 Å². The van der Waals surface area contributed by atoms with Crippen molar-refractivity contribution >= 4 is 15.9 Å². The Hall–Kier alpha value is -2.32. The fourth-order valence-electron chi connectivity index (χ4n) is 2.95. The summed E-state index contributed by atoms with van der Waals surface area (Å²) < 4.78 is 36.8. The zero-order valence-corrected chi connectivity index (χ0v) is 15.4. The first-order valence-electron chi connectivity index (χ1n) is 8.45. The van der Waals surface area contributed by atoms with Crippen LogP contribution in [0.4, 0.5) is 0 Å². The molecule has 1 aromatic carbocycles. The summed E-state index contributed by atoms with van der Waals surface area (Å²) in [5, 5.41) is 2.66. The molecule has 1 aliphatic rings. The molecule has 0 saturated heterocycles. The lowest BCUT2D eigenvalue weighted by molar-refractivity contribution is 0.0926. The van der Waals surface area contributed by atoms with Crippen molar-refractivity contribution in [2.75, 3.05) is 26.0 Å². The van der Waals surface area contributed by atoms with Gasteiger partial charge in [-0.2, -0.15) is 4.31 Å². The zero-order valence-electron chi connectivity index (χ0n) is 14.6. The number of nitrogens with zero attached hydrogens (tertiary/aromatic N) is 1. The third-order valence-corrected chi connectivity index (χ3v) is 6.30. The Kier molecular flexibility index (Phi) is 5.63. The highest BCUT2D eigenvalue weighted by molar-refractivity contribution is 7.89. The average Bonchev–Trinajstić information content (AvgIpc) is 3.19. The molecule has 0 bridgehead atoms. The van der Waals surface area contributed by atoms with E-state index in [1.54, 1.807) is 19.2 Å². The van der Waals surface area contributed by atoms with E-state index in [0.717, 1.165) is 16.9 Å². The van der Waals surface area contributed by atoms with Gasteiger partial charge in [0, 0.05) is 19.6 Å². The topological polar surface area (TPSA) is 88.9 Å². The van der Waals surface area contributed by atoms with Crippen LogP contribution in [0.25, 0.3) is 0 Å². The SMILES string of the molecule is COc1ccc2c(c1)CCN(S(=O)(=O)CCCNC(=O)c1ccco1)C2. The molecule has 0 spiro atoms. The molecule has 7 nitrogen and oxygen atoms in total. The molecule has 3 rings (SSSR count). The Balaban J connectivity index is 1.51. The van der Waals surface area contributed by atoms with Gasteiger partial charge in [-0.3, -0.25) is 4.79 Å². The van der Waals surface area contributed by atoms with Crippen molar-refractivity contribution in [1.29, 1.82) is 0 Å². The molecular formula is C18H22N2O5S. The molecule has 0 fully saturated rings. The molecule has 26 heavy (non-hydrogen) atoms. The van der Waals surface area contributed by atoms with Crippen LogP contribution < -0.4 is 10.1 Å². The van der Waals surface area contributed by atoms with Crippen LogP contribution in [0.5, 0.6) is 5.75 Å². The summed E-state index contributed by atoms with van der Waals surface area (Å²) in [4.78, 5) is 11.7. The highest BCUT2D eigenvalue weighted by Crippen LogP contribution is 2.25. The number of rotatable bonds is 7. The molecule has 0 saturated carbocycles. The van der Waals surface area contributed by atoms with Gasteiger partial charge in [-0.15, -0.1) is 0 Å². The molecule has 140 valence electrons. The summed E-state index contributed by atoms with van der Waals surface area (Å²) in [6.45, 7) is 1.11. The Morgan fingerprint density at radius 3 is 2.88 bits per heavy atom. The van der Waals surface area contributed by atoms with E-state index in [4.69, 9.17) is 9.15 Å². The smallest absolute Gasteiger partial charge is 0.286 e. The zero-order chi connectivity index (χ0) is 18.6. The van der Waals surface area contributed by atoms with Crippen molar-refractivity contribution in [2.45, 2.75) is 19.4 Å². The molecular weight excluding hydrogens is 356 g/mol. The van der Waals surface area contributed by atoms with E-state index in [0.29, 0.717) is 25.9 Å². The summed E-state index contributed by atoms with van der Waals surface area (Å²) in [7, 11) is -1.75. The number of carbonyl (C=O) groups is 1. The fraction of sp³-hybridized carbons (Fsp3) is 0.389. The molecule has 8 heteroatoms. The van der Waals surface area contributed by atoms with Crippen molar-refractivity contribution in [3.05, 3.63) is 53.5 Å². The number of nitrogens with one attached hydrogen (secondary N) is 1. The predicted octanol–water partition coefficient (Wildman–Crippen LogP) is 1.80. The van der Waals surface area contributed by atoms with Crippen LogP contribution in [0.15, 0.2) is 41.0 Å². The van der Waals surface area contributed by atoms with Gasteiger partial charge in [-0.1, -0.05) is 6.07 Å². The molecule has 2 aromatic rings. The quantitative estimate of drug-likeness (QED) is 0.742. The van der Waals surface area contributed by atoms with Gasteiger partial charge >= 0.3 is 0 Å². The number of hydrogen-bond donors (Lipinski definition) is 1. The van der Waals surface area contributed by atoms with Crippen LogP contribution in [0.2, 0.25) is 0 Å². The minimum atomic E-state index is -3.37. The van der Waals surface area contributed by atoms with Crippen LogP contribution in [0, 0.1) is 0 Å². The highest BCUT2D eigenvalue weighted by Gasteiger charge is 2.26. The fourth-order valence-corrected chi connectivity index (χ4v) is 4.42. The Labute approximate surface area is 153 Å². The number of benzene rings is 1. The van der Waals surface area contributed by atoms with Crippen molar-refractivity contribution in [3.63, 3.8) is 0 Å². The summed E-state index contributed by atoms with van der Waals surface area (Å²) in [5.74, 6) is 0.660. The first-order chi connectivity index (χ1) is 12.5. The lowest BCUT2D eigenvalue weighted by Crippen LogP contribution is -2.38. The number of carbonyl (C=O) groups excluding carboxylic acids is 1. The van der Waals surface area contributed by atoms with E-state index in [1.807, 2.05) is 18.2 Å². The van der Waals surface area contributed by atoms with Gasteiger partial charge in [-0.05, 0) is 48.2 Å². The van der Waals surface area contributed by atoms with Crippen LogP contribution in [-0.2, 0) is 23.0 Å².